The summed E-state index contributed by atoms with van der Waals surface area (Å²) >= 11 is 0. The second-order valence-electron chi connectivity index (χ2n) is 11.2. The van der Waals surface area contributed by atoms with E-state index in [1.54, 1.807) is 13.8 Å². The molecule has 0 aromatic rings. The normalized spacial score (nSPS) is 11.6. The average molecular weight is 577 g/mol. The first kappa shape index (κ1) is 44.9. The first-order valence-electron chi connectivity index (χ1n) is 15.4. The topological polar surface area (TPSA) is 138 Å². The van der Waals surface area contributed by atoms with Crippen LogP contribution in [0.4, 0.5) is 0 Å². The van der Waals surface area contributed by atoms with E-state index in [2.05, 4.69) is 34.6 Å². The number of aliphatic carboxylic acids is 3. The van der Waals surface area contributed by atoms with Crippen LogP contribution in [0, 0.1) is 17.3 Å². The van der Waals surface area contributed by atoms with Gasteiger partial charge in [0.25, 0.3) is 11.9 Å². The van der Waals surface area contributed by atoms with Crippen LogP contribution in [0.25, 0.3) is 0 Å². The monoisotopic (exact) mass is 576 g/mol. The molecule has 0 heterocycles. The molecule has 1 unspecified atom stereocenters. The maximum atomic E-state index is 13.1. The molecule has 1 atom stereocenters. The highest BCUT2D eigenvalue weighted by Gasteiger charge is 2.39. The van der Waals surface area contributed by atoms with Gasteiger partial charge in [-0.1, -0.05) is 119 Å². The van der Waals surface area contributed by atoms with E-state index in [1.165, 1.54) is 64.2 Å². The van der Waals surface area contributed by atoms with Crippen molar-refractivity contribution in [1.29, 1.82) is 0 Å². The van der Waals surface area contributed by atoms with Gasteiger partial charge in [0.15, 0.2) is 0 Å². The minimum Gasteiger partial charge on any atom is -0.481 e. The summed E-state index contributed by atoms with van der Waals surface area (Å²) in [6, 6.07) is 0. The van der Waals surface area contributed by atoms with E-state index in [0.717, 1.165) is 46.0 Å². The van der Waals surface area contributed by atoms with Gasteiger partial charge in [0.05, 0.1) is 17.9 Å². The Morgan fingerprint density at radius 2 is 0.950 bits per heavy atom. The summed E-state index contributed by atoms with van der Waals surface area (Å²) in [5.74, 6) is -1.99. The summed E-state index contributed by atoms with van der Waals surface area (Å²) in [6.07, 6.45) is 17.6. The van der Waals surface area contributed by atoms with Crippen molar-refractivity contribution in [1.82, 2.24) is 0 Å². The third-order valence-corrected chi connectivity index (χ3v) is 5.97. The molecular formula is C32H64O8. The summed E-state index contributed by atoms with van der Waals surface area (Å²) in [4.78, 5) is 40.8. The van der Waals surface area contributed by atoms with Gasteiger partial charge in [-0.25, -0.2) is 0 Å². The van der Waals surface area contributed by atoms with Crippen molar-refractivity contribution in [2.75, 3.05) is 6.61 Å². The van der Waals surface area contributed by atoms with Gasteiger partial charge >= 0.3 is 11.9 Å². The van der Waals surface area contributed by atoms with Crippen LogP contribution in [-0.2, 0) is 23.9 Å². The molecule has 0 aliphatic heterocycles. The number of hydrogen-bond donors (Lipinski definition) is 3. The first-order valence-corrected chi connectivity index (χ1v) is 15.4. The Hall–Kier alpha value is -2.12. The van der Waals surface area contributed by atoms with E-state index >= 15 is 0 Å². The van der Waals surface area contributed by atoms with Gasteiger partial charge < -0.3 is 20.1 Å². The number of carboxylic acids is 3. The molecule has 0 radical (unpaired) electrons. The van der Waals surface area contributed by atoms with Crippen molar-refractivity contribution >= 4 is 23.9 Å². The molecule has 8 nitrogen and oxygen atoms in total. The average Bonchev–Trinajstić information content (AvgIpc) is 2.83. The van der Waals surface area contributed by atoms with Crippen molar-refractivity contribution < 1.29 is 39.2 Å². The Balaban J connectivity index is -0.000000378. The molecule has 8 heteroatoms. The van der Waals surface area contributed by atoms with Crippen LogP contribution in [-0.4, -0.2) is 45.8 Å². The minimum atomic E-state index is -0.833. The summed E-state index contributed by atoms with van der Waals surface area (Å²) in [6.45, 7) is 17.3. The Morgan fingerprint density at radius 3 is 1.27 bits per heavy atom. The maximum absolute atomic E-state index is 13.1. The Bertz CT molecular complexity index is 596. The first-order chi connectivity index (χ1) is 18.6. The third-order valence-electron chi connectivity index (χ3n) is 5.97. The predicted octanol–water partition coefficient (Wildman–Crippen LogP) is 8.99. The predicted molar refractivity (Wildman–Crippen MR) is 164 cm³/mol. The van der Waals surface area contributed by atoms with Gasteiger partial charge in [-0.2, -0.15) is 0 Å². The molecule has 0 saturated carbocycles. The Labute approximate surface area is 245 Å². The number of unbranched alkanes of at least 4 members (excludes halogenated alkanes) is 9. The second-order valence-corrected chi connectivity index (χ2v) is 11.2. The molecule has 0 aliphatic carbocycles. The maximum Gasteiger partial charge on any atom is 0.312 e. The molecule has 0 saturated heterocycles. The molecule has 40 heavy (non-hydrogen) atoms. The highest BCUT2D eigenvalue weighted by Crippen LogP contribution is 2.39. The van der Waals surface area contributed by atoms with Gasteiger partial charge in [0, 0.05) is 13.8 Å². The molecule has 240 valence electrons. The van der Waals surface area contributed by atoms with Crippen LogP contribution in [0.2, 0.25) is 0 Å². The summed E-state index contributed by atoms with van der Waals surface area (Å²) in [5.41, 5.74) is -0.236. The molecule has 0 fully saturated rings. The van der Waals surface area contributed by atoms with Crippen LogP contribution in [0.5, 0.6) is 0 Å². The number of hydrogen-bond acceptors (Lipinski definition) is 5. The second kappa shape index (κ2) is 31.4. The molecule has 3 N–H and O–H groups in total. The molecule has 0 rings (SSSR count). The van der Waals surface area contributed by atoms with E-state index in [4.69, 9.17) is 29.6 Å². The zero-order chi connectivity index (χ0) is 32.0. The minimum absolute atomic E-state index is 0.106. The van der Waals surface area contributed by atoms with E-state index < -0.39 is 17.9 Å². The lowest BCUT2D eigenvalue weighted by molar-refractivity contribution is -0.158. The number of ether oxygens (including phenoxy) is 1. The fourth-order valence-electron chi connectivity index (χ4n) is 4.03. The summed E-state index contributed by atoms with van der Waals surface area (Å²) in [7, 11) is 0. The zero-order valence-electron chi connectivity index (χ0n) is 27.4. The van der Waals surface area contributed by atoms with E-state index in [0.29, 0.717) is 12.5 Å². The molecule has 0 spiro atoms. The van der Waals surface area contributed by atoms with Crippen LogP contribution >= 0.6 is 0 Å². The van der Waals surface area contributed by atoms with E-state index in [-0.39, 0.29) is 17.3 Å². The highest BCUT2D eigenvalue weighted by molar-refractivity contribution is 5.76. The molecule has 0 bridgehead atoms. The highest BCUT2D eigenvalue weighted by atomic mass is 16.5. The Kier molecular flexibility index (Phi) is 35.2. The lowest BCUT2D eigenvalue weighted by Crippen LogP contribution is -2.35. The number of rotatable bonds is 19. The number of esters is 1. The zero-order valence-corrected chi connectivity index (χ0v) is 27.4. The standard InChI is InChI=1S/C24H48O2.C4H8O2.2C2H4O2/c1-6-9-12-14-16-19-24(21-22(4)5,18-15-13-10-7-2)23(25)26-20-17-11-8-3;1-3(2)4(5)6;2*1-2(3)4/h22H,6-21H2,1-5H3;3H,1-2H3,(H,5,6);2*1H3,(H,3,4). The van der Waals surface area contributed by atoms with E-state index in [1.807, 2.05) is 0 Å². The van der Waals surface area contributed by atoms with Crippen molar-refractivity contribution in [3.8, 4) is 0 Å². The lowest BCUT2D eigenvalue weighted by Gasteiger charge is -2.33. The molecule has 0 aromatic heterocycles. The van der Waals surface area contributed by atoms with Gasteiger partial charge in [-0.15, -0.1) is 0 Å². The lowest BCUT2D eigenvalue weighted by atomic mass is 9.72. The fourth-order valence-corrected chi connectivity index (χ4v) is 4.03. The van der Waals surface area contributed by atoms with Gasteiger partial charge in [-0.05, 0) is 31.6 Å². The fraction of sp³-hybridized carbons (Fsp3) is 0.875. The van der Waals surface area contributed by atoms with Gasteiger partial charge in [-0.3, -0.25) is 19.2 Å². The van der Waals surface area contributed by atoms with Crippen LogP contribution in [0.15, 0.2) is 0 Å². The third kappa shape index (κ3) is 38.0. The van der Waals surface area contributed by atoms with E-state index in [9.17, 15) is 9.59 Å². The van der Waals surface area contributed by atoms with Crippen LogP contribution in [0.1, 0.15) is 159 Å². The summed E-state index contributed by atoms with van der Waals surface area (Å²) < 4.78 is 5.81. The van der Waals surface area contributed by atoms with Crippen LogP contribution in [0.3, 0.4) is 0 Å². The summed E-state index contributed by atoms with van der Waals surface area (Å²) in [5, 5.41) is 22.8. The number of carbonyl (C=O) groups excluding carboxylic acids is 1. The Morgan fingerprint density at radius 1 is 0.625 bits per heavy atom. The largest absolute Gasteiger partial charge is 0.481 e. The van der Waals surface area contributed by atoms with Crippen molar-refractivity contribution in [3.63, 3.8) is 0 Å². The quantitative estimate of drug-likeness (QED) is 0.102. The van der Waals surface area contributed by atoms with Crippen molar-refractivity contribution in [3.05, 3.63) is 0 Å². The smallest absolute Gasteiger partial charge is 0.312 e. The molecule has 0 amide bonds. The SMILES string of the molecule is CC(=O)O.CC(=O)O.CC(C)C(=O)O.CCCCCCCC(CCCCCC)(CC(C)C)C(=O)OCCCCC. The number of carboxylic acid groups (broad SMARTS) is 3. The van der Waals surface area contributed by atoms with Gasteiger partial charge in [0.1, 0.15) is 0 Å². The van der Waals surface area contributed by atoms with Crippen molar-refractivity contribution in [2.45, 2.75) is 159 Å². The molecule has 0 aromatic carbocycles. The van der Waals surface area contributed by atoms with Gasteiger partial charge in [0.2, 0.25) is 0 Å². The van der Waals surface area contributed by atoms with Crippen molar-refractivity contribution in [2.24, 2.45) is 17.3 Å². The number of carbonyl (C=O) groups is 4. The molecule has 0 aliphatic rings. The van der Waals surface area contributed by atoms with Crippen LogP contribution < -0.4 is 0 Å². The molecular weight excluding hydrogens is 512 g/mol.